The molecule has 0 aliphatic carbocycles. The van der Waals surface area contributed by atoms with E-state index >= 15 is 0 Å². The summed E-state index contributed by atoms with van der Waals surface area (Å²) in [4.78, 5) is 10.7. The van der Waals surface area contributed by atoms with Gasteiger partial charge in [-0.25, -0.2) is 14.4 Å². The zero-order valence-electron chi connectivity index (χ0n) is 17.6. The van der Waals surface area contributed by atoms with Crippen LogP contribution in [0, 0.1) is 5.82 Å². The number of rotatable bonds is 5. The number of benzene rings is 3. The minimum Gasteiger partial charge on any atom is -0.493 e. The van der Waals surface area contributed by atoms with Gasteiger partial charge in [0.15, 0.2) is 4.80 Å². The molecule has 0 spiro atoms. The van der Waals surface area contributed by atoms with Crippen molar-refractivity contribution in [2.24, 2.45) is 9.98 Å². The fraction of sp³-hybridized carbons (Fsp3) is 0.0370. The molecule has 0 amide bonds. The number of hydrogen-bond acceptors (Lipinski definition) is 4. The second-order valence-electron chi connectivity index (χ2n) is 7.46. The smallest absolute Gasteiger partial charge is 0.211 e. The Bertz CT molecular complexity index is 1460. The van der Waals surface area contributed by atoms with Crippen LogP contribution < -0.4 is 4.80 Å². The van der Waals surface area contributed by atoms with Crippen molar-refractivity contribution in [3.8, 4) is 5.88 Å². The summed E-state index contributed by atoms with van der Waals surface area (Å²) in [5.41, 5.74) is 5.31. The van der Waals surface area contributed by atoms with E-state index in [1.54, 1.807) is 22.8 Å². The fourth-order valence-electron chi connectivity index (χ4n) is 3.72. The van der Waals surface area contributed by atoms with Crippen molar-refractivity contribution in [3.05, 3.63) is 118 Å². The van der Waals surface area contributed by atoms with Crippen LogP contribution in [0.15, 0.2) is 102 Å². The average molecular weight is 454 g/mol. The molecular weight excluding hydrogens is 433 g/mol. The first kappa shape index (κ1) is 20.8. The maximum absolute atomic E-state index is 13.3. The number of aromatic hydroxyl groups is 1. The Hall–Kier alpha value is -4.03. The van der Waals surface area contributed by atoms with E-state index in [1.165, 1.54) is 23.5 Å². The molecule has 0 radical (unpaired) electrons. The molecule has 1 aliphatic heterocycles. The first-order valence-electron chi connectivity index (χ1n) is 10.4. The molecule has 162 valence electrons. The van der Waals surface area contributed by atoms with E-state index in [0.717, 1.165) is 28.1 Å². The van der Waals surface area contributed by atoms with Crippen LogP contribution in [0.25, 0.3) is 11.6 Å². The largest absolute Gasteiger partial charge is 0.493 e. The molecule has 4 nitrogen and oxygen atoms in total. The van der Waals surface area contributed by atoms with Crippen LogP contribution in [0.4, 0.5) is 15.8 Å². The lowest BCUT2D eigenvalue weighted by Gasteiger charge is -2.06. The van der Waals surface area contributed by atoms with Gasteiger partial charge in [-0.15, -0.1) is 6.58 Å². The molecule has 5 rings (SSSR count). The Morgan fingerprint density at radius 2 is 1.73 bits per heavy atom. The number of aliphatic imine (C=N–C) groups is 1. The van der Waals surface area contributed by atoms with Gasteiger partial charge < -0.3 is 5.11 Å². The van der Waals surface area contributed by atoms with Crippen LogP contribution in [0.2, 0.25) is 0 Å². The lowest BCUT2D eigenvalue weighted by Crippen LogP contribution is -2.12. The second-order valence-corrected chi connectivity index (χ2v) is 8.47. The zero-order valence-corrected chi connectivity index (χ0v) is 18.5. The highest BCUT2D eigenvalue weighted by Crippen LogP contribution is 2.39. The highest BCUT2D eigenvalue weighted by molar-refractivity contribution is 7.10. The van der Waals surface area contributed by atoms with Gasteiger partial charge in [0.1, 0.15) is 5.82 Å². The Kier molecular flexibility index (Phi) is 5.59. The fourth-order valence-corrected chi connectivity index (χ4v) is 4.72. The van der Waals surface area contributed by atoms with Gasteiger partial charge in [-0.2, -0.15) is 0 Å². The van der Waals surface area contributed by atoms with E-state index in [1.807, 2.05) is 60.7 Å². The van der Waals surface area contributed by atoms with Crippen LogP contribution in [0.5, 0.6) is 5.88 Å². The van der Waals surface area contributed by atoms with E-state index in [4.69, 9.17) is 4.99 Å². The summed E-state index contributed by atoms with van der Waals surface area (Å²) in [5.74, 6) is -0.218. The third kappa shape index (κ3) is 4.08. The van der Waals surface area contributed by atoms with E-state index in [2.05, 4.69) is 11.6 Å². The van der Waals surface area contributed by atoms with Crippen molar-refractivity contribution in [1.82, 2.24) is 4.57 Å². The summed E-state index contributed by atoms with van der Waals surface area (Å²) in [6.45, 7) is 4.19. The monoisotopic (exact) mass is 453 g/mol. The third-order valence-electron chi connectivity index (χ3n) is 5.28. The predicted octanol–water partition coefficient (Wildman–Crippen LogP) is 6.49. The van der Waals surface area contributed by atoms with Crippen LogP contribution >= 0.6 is 11.3 Å². The SMILES string of the molecule is C=CCn1c(O)c(/C=C2/C(c3ccccc3)=Nc3ccccc32)sc1=Nc1ccc(F)cc1. The molecule has 33 heavy (non-hydrogen) atoms. The number of hydrogen-bond donors (Lipinski definition) is 1. The van der Waals surface area contributed by atoms with E-state index in [-0.39, 0.29) is 11.7 Å². The Morgan fingerprint density at radius 3 is 2.48 bits per heavy atom. The lowest BCUT2D eigenvalue weighted by molar-refractivity contribution is 0.421. The summed E-state index contributed by atoms with van der Waals surface area (Å²) >= 11 is 1.36. The van der Waals surface area contributed by atoms with Crippen molar-refractivity contribution in [3.63, 3.8) is 0 Å². The van der Waals surface area contributed by atoms with Crippen LogP contribution in [0.1, 0.15) is 16.0 Å². The topological polar surface area (TPSA) is 49.9 Å². The van der Waals surface area contributed by atoms with Gasteiger partial charge in [0.05, 0.1) is 22.0 Å². The molecule has 1 N–H and O–H groups in total. The van der Waals surface area contributed by atoms with Gasteiger partial charge in [-0.3, -0.25) is 4.57 Å². The Balaban J connectivity index is 1.67. The van der Waals surface area contributed by atoms with Gasteiger partial charge in [-0.1, -0.05) is 65.9 Å². The Labute approximate surface area is 194 Å². The minimum absolute atomic E-state index is 0.102. The molecule has 4 aromatic rings. The standard InChI is InChI=1S/C27H20FN3OS/c1-2-16-31-26(32)24(33-27(31)29-20-14-12-19(28)13-15-20)17-22-21-10-6-7-11-23(21)30-25(22)18-8-4-3-5-9-18/h2-15,17,32H,1,16H2/b22-17+,29-27?. The highest BCUT2D eigenvalue weighted by atomic mass is 32.1. The predicted molar refractivity (Wildman–Crippen MR) is 133 cm³/mol. The lowest BCUT2D eigenvalue weighted by atomic mass is 9.97. The number of nitrogens with zero attached hydrogens (tertiary/aromatic N) is 3. The molecule has 6 heteroatoms. The first-order valence-corrected chi connectivity index (χ1v) is 11.2. The summed E-state index contributed by atoms with van der Waals surface area (Å²) in [7, 11) is 0. The quantitative estimate of drug-likeness (QED) is 0.345. The third-order valence-corrected chi connectivity index (χ3v) is 6.29. The number of allylic oxidation sites excluding steroid dienone is 2. The van der Waals surface area contributed by atoms with Crippen LogP contribution in [0.3, 0.4) is 0 Å². The molecule has 0 fully saturated rings. The van der Waals surface area contributed by atoms with Crippen molar-refractivity contribution < 1.29 is 9.50 Å². The Morgan fingerprint density at radius 1 is 1.00 bits per heavy atom. The van der Waals surface area contributed by atoms with E-state index in [0.29, 0.717) is 21.9 Å². The molecular formula is C27H20FN3OS. The van der Waals surface area contributed by atoms with Gasteiger partial charge in [-0.05, 0) is 36.4 Å². The number of thiazole rings is 1. The molecule has 3 aromatic carbocycles. The average Bonchev–Trinajstić information content (AvgIpc) is 3.35. The van der Waals surface area contributed by atoms with Gasteiger partial charge in [0, 0.05) is 23.2 Å². The van der Waals surface area contributed by atoms with Crippen molar-refractivity contribution in [2.75, 3.05) is 0 Å². The molecule has 0 atom stereocenters. The van der Waals surface area contributed by atoms with Crippen molar-refractivity contribution in [2.45, 2.75) is 6.54 Å². The van der Waals surface area contributed by atoms with Gasteiger partial charge >= 0.3 is 0 Å². The highest BCUT2D eigenvalue weighted by Gasteiger charge is 2.23. The minimum atomic E-state index is -0.319. The second kappa shape index (κ2) is 8.84. The molecule has 0 unspecified atom stereocenters. The molecule has 2 heterocycles. The summed E-state index contributed by atoms with van der Waals surface area (Å²) in [6.07, 6.45) is 3.66. The number of para-hydroxylation sites is 1. The van der Waals surface area contributed by atoms with E-state index in [9.17, 15) is 9.50 Å². The number of fused-ring (bicyclic) bond motifs is 1. The maximum Gasteiger partial charge on any atom is 0.211 e. The summed E-state index contributed by atoms with van der Waals surface area (Å²) in [5, 5.41) is 11.0. The number of aromatic nitrogens is 1. The summed E-state index contributed by atoms with van der Waals surface area (Å²) in [6, 6.07) is 23.9. The summed E-state index contributed by atoms with van der Waals surface area (Å²) < 4.78 is 15.0. The number of halogens is 1. The van der Waals surface area contributed by atoms with Crippen molar-refractivity contribution >= 4 is 40.1 Å². The molecule has 0 saturated carbocycles. The van der Waals surface area contributed by atoms with Crippen molar-refractivity contribution in [1.29, 1.82) is 0 Å². The maximum atomic E-state index is 13.3. The molecule has 0 bridgehead atoms. The zero-order chi connectivity index (χ0) is 22.8. The molecule has 1 aromatic heterocycles. The van der Waals surface area contributed by atoms with Crippen LogP contribution in [-0.4, -0.2) is 15.4 Å². The molecule has 0 saturated heterocycles. The normalized spacial score (nSPS) is 14.4. The molecule has 1 aliphatic rings. The van der Waals surface area contributed by atoms with Gasteiger partial charge in [0.2, 0.25) is 5.88 Å². The van der Waals surface area contributed by atoms with E-state index < -0.39 is 0 Å². The first-order chi connectivity index (χ1) is 16.1. The van der Waals surface area contributed by atoms with Gasteiger partial charge in [0.25, 0.3) is 0 Å². The van der Waals surface area contributed by atoms with Crippen LogP contribution in [-0.2, 0) is 6.54 Å².